The van der Waals surface area contributed by atoms with Crippen molar-refractivity contribution < 1.29 is 9.90 Å². The lowest BCUT2D eigenvalue weighted by Crippen LogP contribution is -2.51. The Balaban J connectivity index is 2.15. The van der Waals surface area contributed by atoms with Crippen molar-refractivity contribution in [2.24, 2.45) is 0 Å². The van der Waals surface area contributed by atoms with Crippen molar-refractivity contribution in [2.45, 2.75) is 19.9 Å². The van der Waals surface area contributed by atoms with Crippen LogP contribution in [0.1, 0.15) is 24.2 Å². The van der Waals surface area contributed by atoms with Crippen molar-refractivity contribution in [1.29, 1.82) is 0 Å². The molecule has 1 atom stereocenters. The summed E-state index contributed by atoms with van der Waals surface area (Å²) in [7, 11) is 0. The molecule has 0 radical (unpaired) electrons. The normalized spacial score (nSPS) is 20.5. The van der Waals surface area contributed by atoms with Gasteiger partial charge in [0.2, 0.25) is 0 Å². The number of carboxylic acid groups (broad SMARTS) is 1. The maximum atomic E-state index is 10.9. The molecule has 0 amide bonds. The highest BCUT2D eigenvalue weighted by molar-refractivity contribution is 5.94. The summed E-state index contributed by atoms with van der Waals surface area (Å²) in [4.78, 5) is 15.6. The minimum Gasteiger partial charge on any atom is -0.478 e. The highest BCUT2D eigenvalue weighted by Gasteiger charge is 2.23. The minimum atomic E-state index is -0.978. The summed E-state index contributed by atoms with van der Waals surface area (Å²) in [5.41, 5.74) is 7.30. The van der Waals surface area contributed by atoms with Crippen LogP contribution in [-0.4, -0.2) is 48.2 Å². The molecule has 1 aromatic rings. The zero-order valence-electron chi connectivity index (χ0n) is 11.5. The third kappa shape index (κ3) is 2.81. The van der Waals surface area contributed by atoms with Gasteiger partial charge >= 0.3 is 5.97 Å². The summed E-state index contributed by atoms with van der Waals surface area (Å²) in [6.07, 6.45) is 0. The second kappa shape index (κ2) is 5.48. The Bertz CT molecular complexity index is 476. The molecule has 1 saturated heterocycles. The summed E-state index contributed by atoms with van der Waals surface area (Å²) in [6.45, 7) is 8.37. The Morgan fingerprint density at radius 3 is 2.74 bits per heavy atom. The summed E-state index contributed by atoms with van der Waals surface area (Å²) in [5.74, 6) is -0.978. The van der Waals surface area contributed by atoms with Gasteiger partial charge in [-0.3, -0.25) is 4.90 Å². The molecule has 5 nitrogen and oxygen atoms in total. The molecule has 104 valence electrons. The maximum Gasteiger partial charge on any atom is 0.337 e. The fourth-order valence-electron chi connectivity index (χ4n) is 2.64. The fraction of sp³-hybridized carbons (Fsp3) is 0.500. The lowest BCUT2D eigenvalue weighted by atomic mass is 10.1. The van der Waals surface area contributed by atoms with E-state index in [9.17, 15) is 4.79 Å². The van der Waals surface area contributed by atoms with E-state index < -0.39 is 5.97 Å². The van der Waals surface area contributed by atoms with Crippen molar-refractivity contribution >= 4 is 17.3 Å². The van der Waals surface area contributed by atoms with Gasteiger partial charge in [-0.25, -0.2) is 4.79 Å². The molecule has 1 unspecified atom stereocenters. The smallest absolute Gasteiger partial charge is 0.337 e. The van der Waals surface area contributed by atoms with E-state index in [4.69, 9.17) is 10.8 Å². The number of nitrogens with zero attached hydrogens (tertiary/aromatic N) is 2. The number of nitrogen functional groups attached to an aromatic ring is 1. The van der Waals surface area contributed by atoms with Gasteiger partial charge in [0.15, 0.2) is 0 Å². The van der Waals surface area contributed by atoms with Crippen LogP contribution in [0.2, 0.25) is 0 Å². The first-order valence-electron chi connectivity index (χ1n) is 6.64. The molecular formula is C14H21N3O2. The second-order valence-electron chi connectivity index (χ2n) is 5.00. The Kier molecular flexibility index (Phi) is 3.95. The van der Waals surface area contributed by atoms with Gasteiger partial charge in [0.25, 0.3) is 0 Å². The van der Waals surface area contributed by atoms with Crippen LogP contribution in [-0.2, 0) is 0 Å². The molecular weight excluding hydrogens is 242 g/mol. The maximum absolute atomic E-state index is 10.9. The average Bonchev–Trinajstić information content (AvgIpc) is 2.38. The minimum absolute atomic E-state index is 0.170. The monoisotopic (exact) mass is 263 g/mol. The van der Waals surface area contributed by atoms with Crippen LogP contribution in [0.3, 0.4) is 0 Å². The van der Waals surface area contributed by atoms with Gasteiger partial charge in [-0.1, -0.05) is 6.92 Å². The predicted octanol–water partition coefficient (Wildman–Crippen LogP) is 1.50. The van der Waals surface area contributed by atoms with Crippen molar-refractivity contribution in [2.75, 3.05) is 36.8 Å². The van der Waals surface area contributed by atoms with E-state index in [1.807, 2.05) is 6.07 Å². The van der Waals surface area contributed by atoms with Crippen LogP contribution in [0.25, 0.3) is 0 Å². The van der Waals surface area contributed by atoms with E-state index in [0.717, 1.165) is 31.9 Å². The van der Waals surface area contributed by atoms with Gasteiger partial charge in [0, 0.05) is 37.1 Å². The average molecular weight is 263 g/mol. The molecule has 0 aromatic heterocycles. The zero-order chi connectivity index (χ0) is 14.0. The largest absolute Gasteiger partial charge is 0.478 e. The van der Waals surface area contributed by atoms with Crippen LogP contribution in [0.5, 0.6) is 0 Å². The highest BCUT2D eigenvalue weighted by Crippen LogP contribution is 2.24. The van der Waals surface area contributed by atoms with E-state index in [1.54, 1.807) is 12.1 Å². The first-order chi connectivity index (χ1) is 9.02. The lowest BCUT2D eigenvalue weighted by molar-refractivity contribution is 0.0698. The number of benzene rings is 1. The van der Waals surface area contributed by atoms with Crippen LogP contribution >= 0.6 is 0 Å². The number of aromatic carboxylic acids is 1. The predicted molar refractivity (Wildman–Crippen MR) is 76.7 cm³/mol. The number of hydrogen-bond donors (Lipinski definition) is 2. The van der Waals surface area contributed by atoms with Gasteiger partial charge in [0.1, 0.15) is 0 Å². The third-order valence-electron chi connectivity index (χ3n) is 3.80. The van der Waals surface area contributed by atoms with Crippen molar-refractivity contribution in [3.8, 4) is 0 Å². The molecule has 5 heteroatoms. The van der Waals surface area contributed by atoms with Gasteiger partial charge < -0.3 is 15.7 Å². The Labute approximate surface area is 113 Å². The highest BCUT2D eigenvalue weighted by atomic mass is 16.4. The third-order valence-corrected chi connectivity index (χ3v) is 3.80. The molecule has 0 bridgehead atoms. The van der Waals surface area contributed by atoms with Crippen LogP contribution in [0.4, 0.5) is 11.4 Å². The SMILES string of the molecule is CCN1CCN(c2ccc(C(=O)O)c(N)c2)CC1C. The van der Waals surface area contributed by atoms with Gasteiger partial charge in [-0.05, 0) is 31.7 Å². The first kappa shape index (κ1) is 13.7. The lowest BCUT2D eigenvalue weighted by Gasteiger charge is -2.40. The Morgan fingerprint density at radius 2 is 2.21 bits per heavy atom. The Morgan fingerprint density at radius 1 is 1.47 bits per heavy atom. The summed E-state index contributed by atoms with van der Waals surface area (Å²) >= 11 is 0. The van der Waals surface area contributed by atoms with Crippen LogP contribution < -0.4 is 10.6 Å². The number of anilines is 2. The number of hydrogen-bond acceptors (Lipinski definition) is 4. The van der Waals surface area contributed by atoms with E-state index in [1.165, 1.54) is 0 Å². The number of carboxylic acids is 1. The molecule has 1 aliphatic heterocycles. The number of likely N-dealkylation sites (N-methyl/N-ethyl adjacent to an activating group) is 1. The quantitative estimate of drug-likeness (QED) is 0.809. The molecule has 1 fully saturated rings. The van der Waals surface area contributed by atoms with Crippen LogP contribution in [0.15, 0.2) is 18.2 Å². The summed E-state index contributed by atoms with van der Waals surface area (Å²) in [5, 5.41) is 8.98. The van der Waals surface area contributed by atoms with E-state index in [2.05, 4.69) is 23.6 Å². The summed E-state index contributed by atoms with van der Waals surface area (Å²) in [6, 6.07) is 5.69. The molecule has 0 spiro atoms. The van der Waals surface area contributed by atoms with Crippen molar-refractivity contribution in [1.82, 2.24) is 4.90 Å². The molecule has 2 rings (SSSR count). The van der Waals surface area contributed by atoms with E-state index >= 15 is 0 Å². The van der Waals surface area contributed by atoms with Crippen LogP contribution in [0, 0.1) is 0 Å². The molecule has 1 heterocycles. The van der Waals surface area contributed by atoms with Gasteiger partial charge in [0.05, 0.1) is 5.56 Å². The Hall–Kier alpha value is -1.75. The topological polar surface area (TPSA) is 69.8 Å². The molecule has 1 aliphatic rings. The number of carbonyl (C=O) groups is 1. The summed E-state index contributed by atoms with van der Waals surface area (Å²) < 4.78 is 0. The van der Waals surface area contributed by atoms with Gasteiger partial charge in [-0.15, -0.1) is 0 Å². The number of piperazine rings is 1. The van der Waals surface area contributed by atoms with Gasteiger partial charge in [-0.2, -0.15) is 0 Å². The fourth-order valence-corrected chi connectivity index (χ4v) is 2.64. The number of rotatable bonds is 3. The molecule has 0 saturated carbocycles. The molecule has 0 aliphatic carbocycles. The molecule has 19 heavy (non-hydrogen) atoms. The standard InChI is InChI=1S/C14H21N3O2/c1-3-16-6-7-17(9-10(16)2)11-4-5-12(14(18)19)13(15)8-11/h4-5,8,10H,3,6-7,9,15H2,1-2H3,(H,18,19). The second-order valence-corrected chi connectivity index (χ2v) is 5.00. The number of nitrogens with two attached hydrogens (primary N) is 1. The molecule has 3 N–H and O–H groups in total. The zero-order valence-corrected chi connectivity index (χ0v) is 11.5. The first-order valence-corrected chi connectivity index (χ1v) is 6.64. The molecule has 1 aromatic carbocycles. The van der Waals surface area contributed by atoms with Crippen molar-refractivity contribution in [3.63, 3.8) is 0 Å². The van der Waals surface area contributed by atoms with Crippen molar-refractivity contribution in [3.05, 3.63) is 23.8 Å². The van der Waals surface area contributed by atoms with E-state index in [-0.39, 0.29) is 5.56 Å². The van der Waals surface area contributed by atoms with E-state index in [0.29, 0.717) is 11.7 Å².